The smallest absolute Gasteiger partial charge is 0.208 e. The van der Waals surface area contributed by atoms with Crippen LogP contribution in [0.2, 0.25) is 0 Å². The zero-order chi connectivity index (χ0) is 11.3. The second kappa shape index (κ2) is 5.95. The van der Waals surface area contributed by atoms with Crippen LogP contribution in [0.15, 0.2) is 4.99 Å². The lowest BCUT2D eigenvalue weighted by atomic mass is 10.2. The third-order valence-corrected chi connectivity index (χ3v) is 2.84. The first-order chi connectivity index (χ1) is 7.21. The van der Waals surface area contributed by atoms with Crippen molar-refractivity contribution in [3.05, 3.63) is 0 Å². The molecule has 0 radical (unpaired) electrons. The van der Waals surface area contributed by atoms with Gasteiger partial charge >= 0.3 is 0 Å². The fourth-order valence-electron chi connectivity index (χ4n) is 1.59. The highest BCUT2D eigenvalue weighted by Gasteiger charge is 2.26. The molecule has 6 heteroatoms. The Bertz CT molecular complexity index is 277. The van der Waals surface area contributed by atoms with Crippen molar-refractivity contribution in [2.75, 3.05) is 26.0 Å². The van der Waals surface area contributed by atoms with Crippen LogP contribution in [0, 0.1) is 11.5 Å². The van der Waals surface area contributed by atoms with Gasteiger partial charge in [0.05, 0.1) is 18.8 Å². The summed E-state index contributed by atoms with van der Waals surface area (Å²) < 4.78 is 5.50. The predicted octanol–water partition coefficient (Wildman–Crippen LogP) is 0.268. The molecular weight excluding hydrogens is 214 g/mol. The number of aliphatic hydroxyl groups is 1. The van der Waals surface area contributed by atoms with E-state index in [1.807, 2.05) is 18.1 Å². The van der Waals surface area contributed by atoms with Gasteiger partial charge < -0.3 is 14.7 Å². The summed E-state index contributed by atoms with van der Waals surface area (Å²) in [7, 11) is 0. The van der Waals surface area contributed by atoms with Gasteiger partial charge in [-0.3, -0.25) is 0 Å². The van der Waals surface area contributed by atoms with Gasteiger partial charge in [0, 0.05) is 13.1 Å². The Morgan fingerprint density at radius 1 is 1.73 bits per heavy atom. The van der Waals surface area contributed by atoms with E-state index in [1.165, 1.54) is 11.8 Å². The summed E-state index contributed by atoms with van der Waals surface area (Å²) in [5.74, 6) is 0. The van der Waals surface area contributed by atoms with Crippen LogP contribution in [0.25, 0.3) is 0 Å². The van der Waals surface area contributed by atoms with Crippen LogP contribution >= 0.6 is 11.8 Å². The minimum atomic E-state index is -0.190. The maximum atomic E-state index is 9.05. The molecule has 0 aromatic carbocycles. The highest BCUT2D eigenvalue weighted by molar-refractivity contribution is 8.13. The zero-order valence-corrected chi connectivity index (χ0v) is 9.70. The minimum absolute atomic E-state index is 0.00491. The number of hydrogen-bond donors (Lipinski definition) is 1. The van der Waals surface area contributed by atoms with E-state index in [0.29, 0.717) is 18.3 Å². The van der Waals surface area contributed by atoms with Crippen LogP contribution in [-0.2, 0) is 4.74 Å². The molecule has 0 aromatic heterocycles. The van der Waals surface area contributed by atoms with Crippen molar-refractivity contribution >= 4 is 16.9 Å². The van der Waals surface area contributed by atoms with Crippen LogP contribution in [0.1, 0.15) is 6.92 Å². The van der Waals surface area contributed by atoms with E-state index in [9.17, 15) is 0 Å². The van der Waals surface area contributed by atoms with Crippen molar-refractivity contribution in [1.82, 2.24) is 4.90 Å². The molecule has 0 spiro atoms. The topological polar surface area (TPSA) is 68.9 Å². The van der Waals surface area contributed by atoms with Crippen molar-refractivity contribution in [2.24, 2.45) is 4.99 Å². The Balaban J connectivity index is 2.68. The van der Waals surface area contributed by atoms with Crippen LogP contribution in [-0.4, -0.2) is 53.3 Å². The number of ether oxygens (including phenoxy) is 1. The summed E-state index contributed by atoms with van der Waals surface area (Å²) in [6.45, 7) is 3.23. The van der Waals surface area contributed by atoms with Gasteiger partial charge in [0.15, 0.2) is 5.17 Å². The van der Waals surface area contributed by atoms with Crippen molar-refractivity contribution in [1.29, 1.82) is 5.26 Å². The standard InChI is InChI=1S/C9H15N3O2S/c1-7-3-12(4-8(5-13)14-7)9(15-2)11-6-10/h7-8,13H,3-5H2,1-2H3. The molecule has 1 fully saturated rings. The molecule has 0 saturated carbocycles. The summed E-state index contributed by atoms with van der Waals surface area (Å²) in [4.78, 5) is 5.72. The van der Waals surface area contributed by atoms with E-state index in [4.69, 9.17) is 15.1 Å². The molecule has 2 atom stereocenters. The second-order valence-electron chi connectivity index (χ2n) is 3.35. The number of thioether (sulfide) groups is 1. The molecule has 1 aliphatic heterocycles. The van der Waals surface area contributed by atoms with Crippen molar-refractivity contribution < 1.29 is 9.84 Å². The molecule has 0 aliphatic carbocycles. The van der Waals surface area contributed by atoms with Gasteiger partial charge in [-0.15, -0.1) is 4.99 Å². The molecule has 2 unspecified atom stereocenters. The molecule has 5 nitrogen and oxygen atoms in total. The summed E-state index contributed by atoms with van der Waals surface area (Å²) in [5.41, 5.74) is 0. The van der Waals surface area contributed by atoms with Gasteiger partial charge in [0.25, 0.3) is 0 Å². The third-order valence-electron chi connectivity index (χ3n) is 2.13. The van der Waals surface area contributed by atoms with E-state index in [2.05, 4.69) is 4.99 Å². The molecule has 1 aliphatic rings. The molecule has 0 bridgehead atoms. The molecule has 84 valence electrons. The first-order valence-corrected chi connectivity index (χ1v) is 5.95. The number of hydrogen-bond acceptors (Lipinski definition) is 5. The van der Waals surface area contributed by atoms with E-state index < -0.39 is 0 Å². The Hall–Kier alpha value is -0.770. The molecule has 1 rings (SSSR count). The quantitative estimate of drug-likeness (QED) is 0.397. The highest BCUT2D eigenvalue weighted by Crippen LogP contribution is 2.15. The van der Waals surface area contributed by atoms with Gasteiger partial charge in [-0.2, -0.15) is 5.26 Å². The average Bonchev–Trinajstić information content (AvgIpc) is 2.24. The normalized spacial score (nSPS) is 27.6. The number of rotatable bonds is 1. The van der Waals surface area contributed by atoms with Crippen molar-refractivity contribution in [2.45, 2.75) is 19.1 Å². The van der Waals surface area contributed by atoms with Gasteiger partial charge in [0.1, 0.15) is 0 Å². The summed E-state index contributed by atoms with van der Waals surface area (Å²) in [6, 6.07) is 0. The number of amidine groups is 1. The van der Waals surface area contributed by atoms with Crippen molar-refractivity contribution in [3.63, 3.8) is 0 Å². The average molecular weight is 229 g/mol. The van der Waals surface area contributed by atoms with Crippen LogP contribution in [0.4, 0.5) is 0 Å². The number of aliphatic hydroxyl groups excluding tert-OH is 1. The summed E-state index contributed by atoms with van der Waals surface area (Å²) in [5, 5.41) is 18.3. The van der Waals surface area contributed by atoms with E-state index >= 15 is 0 Å². The largest absolute Gasteiger partial charge is 0.394 e. The van der Waals surface area contributed by atoms with Gasteiger partial charge in [-0.1, -0.05) is 11.8 Å². The van der Waals surface area contributed by atoms with Crippen LogP contribution in [0.3, 0.4) is 0 Å². The van der Waals surface area contributed by atoms with Crippen LogP contribution < -0.4 is 0 Å². The fourth-order valence-corrected chi connectivity index (χ4v) is 2.13. The predicted molar refractivity (Wildman–Crippen MR) is 59.6 cm³/mol. The van der Waals surface area contributed by atoms with Gasteiger partial charge in [0.2, 0.25) is 6.19 Å². The number of morpholine rings is 1. The Morgan fingerprint density at radius 3 is 3.00 bits per heavy atom. The molecule has 15 heavy (non-hydrogen) atoms. The zero-order valence-electron chi connectivity index (χ0n) is 8.88. The molecule has 1 N–H and O–H groups in total. The first-order valence-electron chi connectivity index (χ1n) is 4.73. The highest BCUT2D eigenvalue weighted by atomic mass is 32.2. The van der Waals surface area contributed by atoms with Gasteiger partial charge in [-0.25, -0.2) is 0 Å². The molecule has 0 aromatic rings. The minimum Gasteiger partial charge on any atom is -0.394 e. The Labute approximate surface area is 93.7 Å². The van der Waals surface area contributed by atoms with Gasteiger partial charge in [-0.05, 0) is 13.2 Å². The maximum Gasteiger partial charge on any atom is 0.208 e. The second-order valence-corrected chi connectivity index (χ2v) is 4.13. The molecule has 0 amide bonds. The summed E-state index contributed by atoms with van der Waals surface area (Å²) >= 11 is 1.43. The molecule has 1 saturated heterocycles. The summed E-state index contributed by atoms with van der Waals surface area (Å²) in [6.07, 6.45) is 3.52. The lowest BCUT2D eigenvalue weighted by Gasteiger charge is -2.36. The first kappa shape index (κ1) is 12.3. The third kappa shape index (κ3) is 3.38. The fraction of sp³-hybridized carbons (Fsp3) is 0.778. The number of nitriles is 1. The van der Waals surface area contributed by atoms with Crippen LogP contribution in [0.5, 0.6) is 0 Å². The number of nitrogens with zero attached hydrogens (tertiary/aromatic N) is 3. The molecular formula is C9H15N3O2S. The lowest BCUT2D eigenvalue weighted by molar-refractivity contribution is -0.0777. The van der Waals surface area contributed by atoms with E-state index in [-0.39, 0.29) is 18.8 Å². The molecule has 1 heterocycles. The Morgan fingerprint density at radius 2 is 2.47 bits per heavy atom. The van der Waals surface area contributed by atoms with E-state index in [0.717, 1.165) is 0 Å². The SMILES string of the molecule is CSC(=NC#N)N1CC(C)OC(CO)C1. The number of aliphatic imine (C=N–C) groups is 1. The van der Waals surface area contributed by atoms with E-state index in [1.54, 1.807) is 6.19 Å². The lowest BCUT2D eigenvalue weighted by Crippen LogP contribution is -2.49. The Kier molecular flexibility index (Phi) is 4.88. The maximum absolute atomic E-state index is 9.05. The monoisotopic (exact) mass is 229 g/mol. The van der Waals surface area contributed by atoms with Crippen molar-refractivity contribution in [3.8, 4) is 6.19 Å².